The molecule has 0 aliphatic carbocycles. The number of piperidine rings is 1. The lowest BCUT2D eigenvalue weighted by molar-refractivity contribution is 0.146. The van der Waals surface area contributed by atoms with Gasteiger partial charge in [-0.1, -0.05) is 13.0 Å². The molecule has 8 heteroatoms. The minimum Gasteiger partial charge on any atom is -0.336 e. The van der Waals surface area contributed by atoms with E-state index in [1.807, 2.05) is 25.1 Å². The maximum atomic E-state index is 12.2. The van der Waals surface area contributed by atoms with E-state index in [1.54, 1.807) is 4.68 Å². The molecule has 3 rings (SSSR count). The van der Waals surface area contributed by atoms with Gasteiger partial charge in [0.15, 0.2) is 0 Å². The number of benzene rings is 1. The van der Waals surface area contributed by atoms with Crippen molar-refractivity contribution < 1.29 is 4.79 Å². The van der Waals surface area contributed by atoms with Gasteiger partial charge in [0, 0.05) is 18.3 Å². The lowest BCUT2D eigenvalue weighted by Gasteiger charge is -2.34. The van der Waals surface area contributed by atoms with Gasteiger partial charge in [0.1, 0.15) is 6.33 Å². The van der Waals surface area contributed by atoms with Crippen molar-refractivity contribution in [3.8, 4) is 5.69 Å². The molecule has 2 heterocycles. The van der Waals surface area contributed by atoms with E-state index < -0.39 is 0 Å². The van der Waals surface area contributed by atoms with Gasteiger partial charge in [-0.25, -0.2) is 9.48 Å². The number of aryl methyl sites for hydroxylation is 1. The van der Waals surface area contributed by atoms with Crippen molar-refractivity contribution >= 4 is 11.7 Å². The summed E-state index contributed by atoms with van der Waals surface area (Å²) in [5.74, 6) is 0.811. The number of hydrogen-bond donors (Lipinski definition) is 2. The van der Waals surface area contributed by atoms with E-state index in [2.05, 4.69) is 44.9 Å². The molecule has 1 fully saturated rings. The summed E-state index contributed by atoms with van der Waals surface area (Å²) in [5, 5.41) is 17.1. The van der Waals surface area contributed by atoms with Crippen LogP contribution >= 0.6 is 0 Å². The summed E-state index contributed by atoms with van der Waals surface area (Å²) >= 11 is 0. The number of aromatic nitrogens is 4. The first kappa shape index (κ1) is 18.3. The third kappa shape index (κ3) is 4.57. The van der Waals surface area contributed by atoms with Gasteiger partial charge in [0.05, 0.1) is 5.69 Å². The van der Waals surface area contributed by atoms with E-state index in [0.717, 1.165) is 30.3 Å². The van der Waals surface area contributed by atoms with Gasteiger partial charge in [-0.2, -0.15) is 0 Å². The van der Waals surface area contributed by atoms with Crippen LogP contribution in [0.2, 0.25) is 0 Å². The molecule has 2 amide bonds. The van der Waals surface area contributed by atoms with Crippen LogP contribution in [0.15, 0.2) is 24.5 Å². The van der Waals surface area contributed by atoms with E-state index in [4.69, 9.17) is 0 Å². The lowest BCUT2D eigenvalue weighted by atomic mass is 9.98. The molecule has 1 aromatic heterocycles. The summed E-state index contributed by atoms with van der Waals surface area (Å²) in [6.45, 7) is 9.29. The molecular formula is C18H27N7O. The van der Waals surface area contributed by atoms with Crippen molar-refractivity contribution in [2.24, 2.45) is 5.92 Å². The number of nitrogens with zero attached hydrogens (tertiary/aromatic N) is 5. The van der Waals surface area contributed by atoms with Crippen LogP contribution in [-0.2, 0) is 0 Å². The fraction of sp³-hybridized carbons (Fsp3) is 0.556. The topological polar surface area (TPSA) is 88.0 Å². The number of carbonyl (C=O) groups is 1. The minimum absolute atomic E-state index is 0.200. The summed E-state index contributed by atoms with van der Waals surface area (Å²) in [4.78, 5) is 14.7. The zero-order valence-electron chi connectivity index (χ0n) is 15.6. The molecule has 0 bridgehead atoms. The highest BCUT2D eigenvalue weighted by Gasteiger charge is 2.20. The van der Waals surface area contributed by atoms with Crippen LogP contribution in [0, 0.1) is 12.8 Å². The molecule has 26 heavy (non-hydrogen) atoms. The molecular weight excluding hydrogens is 330 g/mol. The molecule has 1 aliphatic rings. The van der Waals surface area contributed by atoms with Crippen LogP contribution in [-0.4, -0.2) is 56.8 Å². The molecule has 0 radical (unpaired) electrons. The fourth-order valence-corrected chi connectivity index (χ4v) is 3.22. The van der Waals surface area contributed by atoms with E-state index in [0.29, 0.717) is 18.3 Å². The van der Waals surface area contributed by atoms with Crippen LogP contribution in [0.3, 0.4) is 0 Å². The monoisotopic (exact) mass is 357 g/mol. The predicted octanol–water partition coefficient (Wildman–Crippen LogP) is 2.21. The van der Waals surface area contributed by atoms with Gasteiger partial charge < -0.3 is 10.6 Å². The summed E-state index contributed by atoms with van der Waals surface area (Å²) in [7, 11) is 0. The standard InChI is InChI=1S/C18H27N7O/c1-13-6-8-24(9-7-13)15(3)11-19-18(26)21-16-5-4-14(2)17(10-16)25-12-20-22-23-25/h4-5,10,12-13,15H,6-9,11H2,1-3H3,(H2,19,21,26)/t15-/m0/s1. The summed E-state index contributed by atoms with van der Waals surface area (Å²) in [6.07, 6.45) is 4.01. The molecule has 2 aromatic rings. The average molecular weight is 357 g/mol. The molecule has 8 nitrogen and oxygen atoms in total. The van der Waals surface area contributed by atoms with Crippen LogP contribution in [0.5, 0.6) is 0 Å². The van der Waals surface area contributed by atoms with Crippen molar-refractivity contribution in [1.29, 1.82) is 0 Å². The van der Waals surface area contributed by atoms with Crippen molar-refractivity contribution in [1.82, 2.24) is 30.4 Å². The number of nitrogens with one attached hydrogen (secondary N) is 2. The van der Waals surface area contributed by atoms with Gasteiger partial charge in [-0.3, -0.25) is 4.90 Å². The Labute approximate surface area is 154 Å². The van der Waals surface area contributed by atoms with Gasteiger partial charge >= 0.3 is 6.03 Å². The van der Waals surface area contributed by atoms with E-state index >= 15 is 0 Å². The van der Waals surface area contributed by atoms with Crippen LogP contribution in [0.25, 0.3) is 5.69 Å². The largest absolute Gasteiger partial charge is 0.336 e. The summed E-state index contributed by atoms with van der Waals surface area (Å²) in [6, 6.07) is 5.81. The van der Waals surface area contributed by atoms with Crippen molar-refractivity contribution in [3.05, 3.63) is 30.1 Å². The smallest absolute Gasteiger partial charge is 0.319 e. The Balaban J connectivity index is 1.53. The SMILES string of the molecule is Cc1ccc(NC(=O)NC[C@H](C)N2CCC(C)CC2)cc1-n1cnnn1. The Morgan fingerprint density at radius 3 is 2.81 bits per heavy atom. The zero-order valence-corrected chi connectivity index (χ0v) is 15.6. The normalized spacial score (nSPS) is 17.0. The van der Waals surface area contributed by atoms with Crippen molar-refractivity contribution in [2.75, 3.05) is 25.0 Å². The molecule has 1 atom stereocenters. The molecule has 0 spiro atoms. The third-order valence-electron chi connectivity index (χ3n) is 5.06. The quantitative estimate of drug-likeness (QED) is 0.857. The van der Waals surface area contributed by atoms with E-state index in [9.17, 15) is 4.79 Å². The Hall–Kier alpha value is -2.48. The fourth-order valence-electron chi connectivity index (χ4n) is 3.22. The maximum Gasteiger partial charge on any atom is 0.319 e. The second-order valence-electron chi connectivity index (χ2n) is 7.16. The average Bonchev–Trinajstić information content (AvgIpc) is 3.16. The summed E-state index contributed by atoms with van der Waals surface area (Å²) < 4.78 is 1.58. The summed E-state index contributed by atoms with van der Waals surface area (Å²) in [5.41, 5.74) is 2.57. The zero-order chi connectivity index (χ0) is 18.5. The van der Waals surface area contributed by atoms with Gasteiger partial charge in [0.25, 0.3) is 0 Å². The number of rotatable bonds is 5. The first-order chi connectivity index (χ1) is 12.5. The van der Waals surface area contributed by atoms with Crippen molar-refractivity contribution in [3.63, 3.8) is 0 Å². The van der Waals surface area contributed by atoms with Crippen LogP contribution < -0.4 is 10.6 Å². The van der Waals surface area contributed by atoms with E-state index in [1.165, 1.54) is 19.2 Å². The van der Waals surface area contributed by atoms with Crippen molar-refractivity contribution in [2.45, 2.75) is 39.7 Å². The van der Waals surface area contributed by atoms with Gasteiger partial charge in [-0.15, -0.1) is 5.10 Å². The highest BCUT2D eigenvalue weighted by atomic mass is 16.2. The van der Waals surface area contributed by atoms with Gasteiger partial charge in [0.2, 0.25) is 0 Å². The second kappa shape index (κ2) is 8.27. The highest BCUT2D eigenvalue weighted by molar-refractivity contribution is 5.89. The van der Waals surface area contributed by atoms with Crippen LogP contribution in [0.4, 0.5) is 10.5 Å². The molecule has 1 aromatic carbocycles. The molecule has 1 aliphatic heterocycles. The Morgan fingerprint density at radius 1 is 1.35 bits per heavy atom. The second-order valence-corrected chi connectivity index (χ2v) is 7.16. The van der Waals surface area contributed by atoms with Gasteiger partial charge in [-0.05, 0) is 73.8 Å². The first-order valence-electron chi connectivity index (χ1n) is 9.16. The highest BCUT2D eigenvalue weighted by Crippen LogP contribution is 2.19. The third-order valence-corrected chi connectivity index (χ3v) is 5.06. The molecule has 1 saturated heterocycles. The Morgan fingerprint density at radius 2 is 2.12 bits per heavy atom. The number of likely N-dealkylation sites (tertiary alicyclic amines) is 1. The maximum absolute atomic E-state index is 12.2. The number of tetrazole rings is 1. The molecule has 140 valence electrons. The Bertz CT molecular complexity index is 723. The van der Waals surface area contributed by atoms with Crippen LogP contribution in [0.1, 0.15) is 32.3 Å². The number of carbonyl (C=O) groups excluding carboxylic acids is 1. The number of hydrogen-bond acceptors (Lipinski definition) is 5. The molecule has 2 N–H and O–H groups in total. The first-order valence-corrected chi connectivity index (χ1v) is 9.16. The minimum atomic E-state index is -0.200. The lowest BCUT2D eigenvalue weighted by Crippen LogP contribution is -2.46. The Kier molecular flexibility index (Phi) is 5.82. The number of amides is 2. The number of urea groups is 1. The molecule has 0 saturated carbocycles. The predicted molar refractivity (Wildman–Crippen MR) is 100 cm³/mol. The van der Waals surface area contributed by atoms with E-state index in [-0.39, 0.29) is 6.03 Å². The number of anilines is 1. The molecule has 0 unspecified atom stereocenters.